The molecule has 1 atom stereocenters. The number of thioether (sulfide) groups is 1. The molecule has 4 rings (SSSR count). The summed E-state index contributed by atoms with van der Waals surface area (Å²) < 4.78 is 13.7. The number of likely N-dealkylation sites (N-methyl/N-ethyl adjacent to an activating group) is 1. The SMILES string of the molecule is CCn1c(SCC(=O)N(C)C[C@H]2COc3ccccc3O2)nnc1-c1cccc(Cl)c1. The zero-order valence-corrected chi connectivity index (χ0v) is 18.9. The summed E-state index contributed by atoms with van der Waals surface area (Å²) in [5.41, 5.74) is 0.895. The number of ether oxygens (including phenoxy) is 2. The summed E-state index contributed by atoms with van der Waals surface area (Å²) in [7, 11) is 1.77. The molecule has 9 heteroatoms. The highest BCUT2D eigenvalue weighted by molar-refractivity contribution is 7.99. The molecule has 31 heavy (non-hydrogen) atoms. The number of nitrogens with zero attached hydrogens (tertiary/aromatic N) is 4. The van der Waals surface area contributed by atoms with Crippen LogP contribution in [0.3, 0.4) is 0 Å². The quantitative estimate of drug-likeness (QED) is 0.498. The molecule has 0 saturated carbocycles. The Morgan fingerprint density at radius 1 is 1.23 bits per heavy atom. The number of carbonyl (C=O) groups excluding carboxylic acids is 1. The maximum Gasteiger partial charge on any atom is 0.232 e. The molecule has 0 saturated heterocycles. The van der Waals surface area contributed by atoms with Crippen molar-refractivity contribution in [3.05, 3.63) is 53.6 Å². The molecule has 0 spiro atoms. The molecule has 1 amide bonds. The van der Waals surface area contributed by atoms with Gasteiger partial charge in [-0.05, 0) is 31.2 Å². The number of aromatic nitrogens is 3. The lowest BCUT2D eigenvalue weighted by atomic mass is 10.2. The molecule has 0 fully saturated rings. The van der Waals surface area contributed by atoms with Gasteiger partial charge in [0.05, 0.1) is 12.3 Å². The Morgan fingerprint density at radius 2 is 2.03 bits per heavy atom. The predicted molar refractivity (Wildman–Crippen MR) is 121 cm³/mol. The van der Waals surface area contributed by atoms with Crippen molar-refractivity contribution in [3.8, 4) is 22.9 Å². The largest absolute Gasteiger partial charge is 0.486 e. The molecular weight excluding hydrogens is 436 g/mol. The van der Waals surface area contributed by atoms with E-state index in [-0.39, 0.29) is 17.8 Å². The van der Waals surface area contributed by atoms with Crippen molar-refractivity contribution >= 4 is 29.3 Å². The smallest absolute Gasteiger partial charge is 0.232 e. The van der Waals surface area contributed by atoms with E-state index in [4.69, 9.17) is 21.1 Å². The summed E-state index contributed by atoms with van der Waals surface area (Å²) >= 11 is 7.48. The standard InChI is InChI=1S/C22H23ClN4O3S/c1-3-27-21(15-7-6-8-16(23)11-15)24-25-22(27)31-14-20(28)26(2)12-17-13-29-18-9-4-5-10-19(18)30-17/h4-11,17H,3,12-14H2,1-2H3/t17-/m0/s1. The van der Waals surface area contributed by atoms with E-state index in [0.29, 0.717) is 35.6 Å². The van der Waals surface area contributed by atoms with E-state index in [1.807, 2.05) is 60.0 Å². The number of para-hydroxylation sites is 2. The van der Waals surface area contributed by atoms with E-state index in [2.05, 4.69) is 10.2 Å². The fourth-order valence-corrected chi connectivity index (χ4v) is 4.45. The minimum Gasteiger partial charge on any atom is -0.486 e. The zero-order valence-electron chi connectivity index (χ0n) is 17.3. The van der Waals surface area contributed by atoms with Crippen molar-refractivity contribution in [1.29, 1.82) is 0 Å². The van der Waals surface area contributed by atoms with Gasteiger partial charge in [0.15, 0.2) is 28.6 Å². The lowest BCUT2D eigenvalue weighted by Gasteiger charge is -2.29. The van der Waals surface area contributed by atoms with Gasteiger partial charge in [0.25, 0.3) is 0 Å². The molecule has 2 heterocycles. The molecule has 2 aromatic carbocycles. The molecule has 0 radical (unpaired) electrons. The first-order chi connectivity index (χ1) is 15.0. The van der Waals surface area contributed by atoms with Gasteiger partial charge in [0.1, 0.15) is 6.61 Å². The highest BCUT2D eigenvalue weighted by atomic mass is 35.5. The van der Waals surface area contributed by atoms with Crippen LogP contribution in [0.2, 0.25) is 5.02 Å². The number of hydrogen-bond acceptors (Lipinski definition) is 6. The summed E-state index contributed by atoms with van der Waals surface area (Å²) in [4.78, 5) is 14.4. The van der Waals surface area contributed by atoms with Crippen molar-refractivity contribution in [3.63, 3.8) is 0 Å². The monoisotopic (exact) mass is 458 g/mol. The van der Waals surface area contributed by atoms with Crippen LogP contribution in [0.4, 0.5) is 0 Å². The Hall–Kier alpha value is -2.71. The summed E-state index contributed by atoms with van der Waals surface area (Å²) in [6.07, 6.45) is -0.206. The van der Waals surface area contributed by atoms with Crippen LogP contribution in [0.25, 0.3) is 11.4 Å². The van der Waals surface area contributed by atoms with E-state index in [0.717, 1.165) is 17.1 Å². The van der Waals surface area contributed by atoms with Gasteiger partial charge in [-0.2, -0.15) is 0 Å². The zero-order chi connectivity index (χ0) is 21.8. The second-order valence-corrected chi connectivity index (χ2v) is 8.50. The van der Waals surface area contributed by atoms with Crippen LogP contribution in [0.1, 0.15) is 6.92 Å². The molecule has 0 aliphatic carbocycles. The van der Waals surface area contributed by atoms with Crippen LogP contribution >= 0.6 is 23.4 Å². The molecule has 1 aliphatic rings. The second-order valence-electron chi connectivity index (χ2n) is 7.12. The van der Waals surface area contributed by atoms with Crippen molar-refractivity contribution in [1.82, 2.24) is 19.7 Å². The molecular formula is C22H23ClN4O3S. The maximum atomic E-state index is 12.7. The average Bonchev–Trinajstić information content (AvgIpc) is 3.20. The van der Waals surface area contributed by atoms with Crippen LogP contribution < -0.4 is 9.47 Å². The number of amides is 1. The Bertz CT molecular complexity index is 1070. The maximum absolute atomic E-state index is 12.7. The Kier molecular flexibility index (Phi) is 6.67. The minimum atomic E-state index is -0.206. The van der Waals surface area contributed by atoms with Gasteiger partial charge in [-0.25, -0.2) is 0 Å². The van der Waals surface area contributed by atoms with Gasteiger partial charge in [0.2, 0.25) is 5.91 Å². The highest BCUT2D eigenvalue weighted by Crippen LogP contribution is 2.31. The number of carbonyl (C=O) groups is 1. The van der Waals surface area contributed by atoms with Crippen LogP contribution in [0, 0.1) is 0 Å². The van der Waals surface area contributed by atoms with E-state index in [1.165, 1.54) is 11.8 Å². The van der Waals surface area contributed by atoms with Crippen molar-refractivity contribution < 1.29 is 14.3 Å². The van der Waals surface area contributed by atoms with E-state index >= 15 is 0 Å². The van der Waals surface area contributed by atoms with Gasteiger partial charge in [-0.3, -0.25) is 4.79 Å². The fraction of sp³-hybridized carbons (Fsp3) is 0.318. The third kappa shape index (κ3) is 4.97. The third-order valence-electron chi connectivity index (χ3n) is 4.91. The molecule has 7 nitrogen and oxygen atoms in total. The van der Waals surface area contributed by atoms with Gasteiger partial charge in [-0.15, -0.1) is 10.2 Å². The summed E-state index contributed by atoms with van der Waals surface area (Å²) in [6.45, 7) is 3.57. The first-order valence-electron chi connectivity index (χ1n) is 9.99. The Balaban J connectivity index is 1.35. The van der Waals surface area contributed by atoms with Gasteiger partial charge in [0, 0.05) is 24.2 Å². The fourth-order valence-electron chi connectivity index (χ4n) is 3.32. The van der Waals surface area contributed by atoms with Crippen molar-refractivity contribution in [2.75, 3.05) is 26.0 Å². The first-order valence-corrected chi connectivity index (χ1v) is 11.4. The van der Waals surface area contributed by atoms with Crippen LogP contribution in [-0.2, 0) is 11.3 Å². The normalized spacial score (nSPS) is 15.0. The molecule has 0 bridgehead atoms. The number of rotatable bonds is 7. The Labute approximate surface area is 190 Å². The van der Waals surface area contributed by atoms with Crippen molar-refractivity contribution in [2.45, 2.75) is 24.7 Å². The second kappa shape index (κ2) is 9.62. The summed E-state index contributed by atoms with van der Waals surface area (Å²) in [6, 6.07) is 15.1. The van der Waals surface area contributed by atoms with Crippen molar-refractivity contribution in [2.24, 2.45) is 0 Å². The van der Waals surface area contributed by atoms with Gasteiger partial charge < -0.3 is 18.9 Å². The van der Waals surface area contributed by atoms with E-state index in [9.17, 15) is 4.79 Å². The van der Waals surface area contributed by atoms with Crippen LogP contribution in [0.5, 0.6) is 11.5 Å². The molecule has 162 valence electrons. The number of hydrogen-bond donors (Lipinski definition) is 0. The predicted octanol–water partition coefficient (Wildman–Crippen LogP) is 4.01. The van der Waals surface area contributed by atoms with Gasteiger partial charge in [-0.1, -0.05) is 47.6 Å². The molecule has 1 aliphatic heterocycles. The third-order valence-corrected chi connectivity index (χ3v) is 6.10. The van der Waals surface area contributed by atoms with Crippen LogP contribution in [0.15, 0.2) is 53.7 Å². The first kappa shape index (κ1) is 21.5. The molecule has 0 unspecified atom stereocenters. The average molecular weight is 459 g/mol. The Morgan fingerprint density at radius 3 is 2.81 bits per heavy atom. The molecule has 0 N–H and O–H groups in total. The lowest BCUT2D eigenvalue weighted by Crippen LogP contribution is -2.42. The van der Waals surface area contributed by atoms with Crippen LogP contribution in [-0.4, -0.2) is 57.6 Å². The summed E-state index contributed by atoms with van der Waals surface area (Å²) in [5, 5.41) is 9.93. The minimum absolute atomic E-state index is 0.0117. The van der Waals surface area contributed by atoms with E-state index in [1.54, 1.807) is 11.9 Å². The van der Waals surface area contributed by atoms with Gasteiger partial charge >= 0.3 is 0 Å². The number of halogens is 1. The number of benzene rings is 2. The highest BCUT2D eigenvalue weighted by Gasteiger charge is 2.24. The molecule has 1 aromatic heterocycles. The molecule has 3 aromatic rings. The summed E-state index contributed by atoms with van der Waals surface area (Å²) in [5.74, 6) is 2.42. The number of fused-ring (bicyclic) bond motifs is 1. The van der Waals surface area contributed by atoms with E-state index < -0.39 is 0 Å². The lowest BCUT2D eigenvalue weighted by molar-refractivity contribution is -0.128. The topological polar surface area (TPSA) is 69.5 Å².